The normalized spacial score (nSPS) is 11.2. The number of benzene rings is 3. The fourth-order valence-electron chi connectivity index (χ4n) is 5.36. The lowest BCUT2D eigenvalue weighted by Crippen LogP contribution is -2.27. The second kappa shape index (κ2) is 14.7. The van der Waals surface area contributed by atoms with Crippen molar-refractivity contribution < 1.29 is 19.8 Å². The summed E-state index contributed by atoms with van der Waals surface area (Å²) in [7, 11) is 3.90. The first-order valence-corrected chi connectivity index (χ1v) is 17.2. The zero-order chi connectivity index (χ0) is 37.3. The van der Waals surface area contributed by atoms with Crippen molar-refractivity contribution in [2.45, 2.75) is 39.8 Å². The number of hydrogen-bond donors (Lipinski definition) is 3. The first kappa shape index (κ1) is 35.8. The lowest BCUT2D eigenvalue weighted by atomic mass is 10.1. The molecule has 0 saturated heterocycles. The molecule has 4 aromatic heterocycles. The van der Waals surface area contributed by atoms with E-state index in [9.17, 15) is 19.8 Å². The van der Waals surface area contributed by atoms with Gasteiger partial charge in [0, 0.05) is 59.6 Å². The van der Waals surface area contributed by atoms with Crippen molar-refractivity contribution in [3.05, 3.63) is 94.9 Å². The Balaban J connectivity index is 0.000000179. The number of pyridine rings is 1. The van der Waals surface area contributed by atoms with Crippen molar-refractivity contribution in [2.75, 3.05) is 23.9 Å². The number of halogens is 1. The molecule has 3 N–H and O–H groups in total. The highest BCUT2D eigenvalue weighted by atomic mass is 79.9. The van der Waals surface area contributed by atoms with Crippen LogP contribution in [0.15, 0.2) is 83.7 Å². The topological polar surface area (TPSA) is 174 Å². The van der Waals surface area contributed by atoms with E-state index in [1.165, 1.54) is 6.07 Å². The molecule has 3 aromatic carbocycles. The number of aromatic amines is 1. The van der Waals surface area contributed by atoms with E-state index in [1.54, 1.807) is 48.9 Å². The van der Waals surface area contributed by atoms with Gasteiger partial charge in [-0.1, -0.05) is 6.07 Å². The standard InChI is InChI=1S/C20H19N5O2.C18H17BrN4O2/c1-11(2)25(3)19-18(12-4-6-15-14(8-12)10-21-24-15)22-16-7-5-13(20(26)27)9-17(16)23-19;1-10(2)23(3)17-16(12-6-13(19)9-20-8-12)21-14-5-4-11(18(24)25)7-15(14)22-17/h4-11H,1-3H3,(H,21,24)(H,26,27);4-10H,1-3H3,(H,24,25). The van der Waals surface area contributed by atoms with E-state index in [4.69, 9.17) is 19.9 Å². The summed E-state index contributed by atoms with van der Waals surface area (Å²) in [5.41, 5.74) is 6.99. The average Bonchev–Trinajstić information content (AvgIpc) is 3.61. The summed E-state index contributed by atoms with van der Waals surface area (Å²) in [5, 5.41) is 26.5. The van der Waals surface area contributed by atoms with Gasteiger partial charge in [-0.05, 0) is 98.2 Å². The molecule has 0 saturated carbocycles. The molecular weight excluding hydrogens is 726 g/mol. The van der Waals surface area contributed by atoms with E-state index in [1.807, 2.05) is 48.2 Å². The van der Waals surface area contributed by atoms with E-state index in [0.29, 0.717) is 39.4 Å². The maximum absolute atomic E-state index is 11.3. The smallest absolute Gasteiger partial charge is 0.335 e. The van der Waals surface area contributed by atoms with Crippen molar-refractivity contribution in [1.82, 2.24) is 35.1 Å². The molecule has 0 aliphatic rings. The van der Waals surface area contributed by atoms with Gasteiger partial charge in [0.15, 0.2) is 11.6 Å². The number of rotatable bonds is 8. The number of nitrogens with zero attached hydrogens (tertiary/aromatic N) is 8. The minimum absolute atomic E-state index is 0.192. The molecule has 0 bridgehead atoms. The lowest BCUT2D eigenvalue weighted by molar-refractivity contribution is 0.0686. The Kier molecular flexibility index (Phi) is 10.1. The van der Waals surface area contributed by atoms with Crippen molar-refractivity contribution >= 4 is 72.5 Å². The third-order valence-electron chi connectivity index (χ3n) is 8.69. The van der Waals surface area contributed by atoms with E-state index >= 15 is 0 Å². The van der Waals surface area contributed by atoms with Crippen LogP contribution in [0, 0.1) is 0 Å². The Hall–Kier alpha value is -6.02. The number of hydrogen-bond acceptors (Lipinski definition) is 10. The highest BCUT2D eigenvalue weighted by molar-refractivity contribution is 9.10. The Morgan fingerprint density at radius 1 is 0.654 bits per heavy atom. The number of carboxylic acids is 2. The van der Waals surface area contributed by atoms with Crippen molar-refractivity contribution in [3.8, 4) is 22.5 Å². The van der Waals surface area contributed by atoms with Gasteiger partial charge < -0.3 is 20.0 Å². The van der Waals surface area contributed by atoms with Gasteiger partial charge in [-0.3, -0.25) is 10.1 Å². The second-order valence-electron chi connectivity index (χ2n) is 12.8. The number of fused-ring (bicyclic) bond motifs is 3. The monoisotopic (exact) mass is 761 g/mol. The van der Waals surface area contributed by atoms with Gasteiger partial charge in [0.2, 0.25) is 0 Å². The van der Waals surface area contributed by atoms with Crippen LogP contribution in [0.4, 0.5) is 11.6 Å². The number of carbonyl (C=O) groups is 2. The molecule has 0 atom stereocenters. The van der Waals surface area contributed by atoms with Gasteiger partial charge in [-0.15, -0.1) is 0 Å². The highest BCUT2D eigenvalue weighted by Crippen LogP contribution is 2.33. The van der Waals surface area contributed by atoms with E-state index in [2.05, 4.69) is 58.8 Å². The van der Waals surface area contributed by atoms with Crippen LogP contribution in [0.3, 0.4) is 0 Å². The van der Waals surface area contributed by atoms with Gasteiger partial charge >= 0.3 is 11.9 Å². The molecule has 13 nitrogen and oxygen atoms in total. The summed E-state index contributed by atoms with van der Waals surface area (Å²) in [6.07, 6.45) is 5.23. The maximum atomic E-state index is 11.3. The molecule has 0 aliphatic heterocycles. The Morgan fingerprint density at radius 3 is 1.69 bits per heavy atom. The number of aromatic nitrogens is 7. The van der Waals surface area contributed by atoms with Gasteiger partial charge in [0.05, 0.1) is 44.9 Å². The number of aromatic carboxylic acids is 2. The maximum Gasteiger partial charge on any atom is 0.335 e. The summed E-state index contributed by atoms with van der Waals surface area (Å²) >= 11 is 3.44. The molecule has 14 heteroatoms. The van der Waals surface area contributed by atoms with Gasteiger partial charge in [0.25, 0.3) is 0 Å². The quantitative estimate of drug-likeness (QED) is 0.138. The number of H-pyrrole nitrogens is 1. The molecule has 7 rings (SSSR count). The molecule has 0 amide bonds. The number of carboxylic acid groups (broad SMARTS) is 2. The van der Waals surface area contributed by atoms with Crippen LogP contribution in [-0.2, 0) is 0 Å². The predicted octanol–water partition coefficient (Wildman–Crippen LogP) is 7.71. The van der Waals surface area contributed by atoms with Crippen LogP contribution in [0.2, 0.25) is 0 Å². The third-order valence-corrected chi connectivity index (χ3v) is 9.13. The van der Waals surface area contributed by atoms with Crippen LogP contribution in [0.5, 0.6) is 0 Å². The minimum atomic E-state index is -0.984. The van der Waals surface area contributed by atoms with E-state index < -0.39 is 11.9 Å². The molecule has 264 valence electrons. The number of anilines is 2. The third kappa shape index (κ3) is 7.37. The summed E-state index contributed by atoms with van der Waals surface area (Å²) in [6.45, 7) is 8.26. The Labute approximate surface area is 307 Å². The van der Waals surface area contributed by atoms with Crippen LogP contribution in [-0.4, -0.2) is 83.4 Å². The summed E-state index contributed by atoms with van der Waals surface area (Å²) in [4.78, 5) is 49.8. The van der Waals surface area contributed by atoms with Gasteiger partial charge in [-0.25, -0.2) is 29.5 Å². The van der Waals surface area contributed by atoms with Crippen molar-refractivity contribution in [2.24, 2.45) is 0 Å². The molecule has 0 aliphatic carbocycles. The second-order valence-corrected chi connectivity index (χ2v) is 13.7. The molecule has 0 fully saturated rings. The Morgan fingerprint density at radius 2 is 1.19 bits per heavy atom. The summed E-state index contributed by atoms with van der Waals surface area (Å²) < 4.78 is 0.853. The molecule has 0 unspecified atom stereocenters. The first-order valence-electron chi connectivity index (χ1n) is 16.4. The largest absolute Gasteiger partial charge is 0.478 e. The van der Waals surface area contributed by atoms with Crippen LogP contribution >= 0.6 is 15.9 Å². The van der Waals surface area contributed by atoms with Crippen molar-refractivity contribution in [3.63, 3.8) is 0 Å². The van der Waals surface area contributed by atoms with Crippen molar-refractivity contribution in [1.29, 1.82) is 0 Å². The van der Waals surface area contributed by atoms with Gasteiger partial charge in [-0.2, -0.15) is 5.10 Å². The van der Waals surface area contributed by atoms with Crippen LogP contribution in [0.25, 0.3) is 55.5 Å². The fraction of sp³-hybridized carbons (Fsp3) is 0.211. The fourth-order valence-corrected chi connectivity index (χ4v) is 5.72. The molecular formula is C38H36BrN9O4. The van der Waals surface area contributed by atoms with Crippen LogP contribution in [0.1, 0.15) is 48.4 Å². The lowest BCUT2D eigenvalue weighted by Gasteiger charge is -2.25. The SMILES string of the molecule is CC(C)N(C)c1nc2cc(C(=O)O)ccc2nc1-c1ccc2[nH]ncc2c1.CC(C)N(C)c1nc2cc(C(=O)O)ccc2nc1-c1cncc(Br)c1. The average molecular weight is 763 g/mol. The molecule has 52 heavy (non-hydrogen) atoms. The zero-order valence-electron chi connectivity index (χ0n) is 29.3. The molecule has 4 heterocycles. The highest BCUT2D eigenvalue weighted by Gasteiger charge is 2.20. The van der Waals surface area contributed by atoms with E-state index in [-0.39, 0.29) is 23.2 Å². The molecule has 7 aromatic rings. The number of nitrogens with one attached hydrogen (secondary N) is 1. The molecule has 0 spiro atoms. The molecule has 0 radical (unpaired) electrons. The Bertz CT molecular complexity index is 2470. The summed E-state index contributed by atoms with van der Waals surface area (Å²) in [5.74, 6) is -0.567. The van der Waals surface area contributed by atoms with Crippen LogP contribution < -0.4 is 9.80 Å². The predicted molar refractivity (Wildman–Crippen MR) is 206 cm³/mol. The van der Waals surface area contributed by atoms with Gasteiger partial charge in [0.1, 0.15) is 11.4 Å². The zero-order valence-corrected chi connectivity index (χ0v) is 30.9. The first-order chi connectivity index (χ1) is 24.8. The minimum Gasteiger partial charge on any atom is -0.478 e. The summed E-state index contributed by atoms with van der Waals surface area (Å²) in [6, 6.07) is 17.9. The van der Waals surface area contributed by atoms with E-state index in [0.717, 1.165) is 32.2 Å².